The van der Waals surface area contributed by atoms with Crippen LogP contribution < -0.4 is 0 Å². The minimum Gasteiger partial charge on any atom is -0.481 e. The molecule has 0 aliphatic rings. The highest BCUT2D eigenvalue weighted by molar-refractivity contribution is 5.66. The van der Waals surface area contributed by atoms with Gasteiger partial charge in [0.25, 0.3) is 0 Å². The maximum atomic E-state index is 13.9. The summed E-state index contributed by atoms with van der Waals surface area (Å²) in [5, 5.41) is 8.69. The van der Waals surface area contributed by atoms with Gasteiger partial charge in [0.2, 0.25) is 0 Å². The van der Waals surface area contributed by atoms with Gasteiger partial charge < -0.3 is 9.59 Å². The second kappa shape index (κ2) is 11.9. The quantitative estimate of drug-likeness (QED) is 0.369. The number of halogens is 1. The Kier molecular flexibility index (Phi) is 11.5. The normalized spacial score (nSPS) is 14.8. The zero-order valence-corrected chi connectivity index (χ0v) is 15.1. The van der Waals surface area contributed by atoms with E-state index < -0.39 is 12.1 Å². The van der Waals surface area contributed by atoms with Gasteiger partial charge in [-0.15, -0.1) is 0 Å². The highest BCUT2D eigenvalue weighted by Crippen LogP contribution is 2.21. The molecule has 0 fully saturated rings. The topological polar surface area (TPSA) is 37.3 Å². The van der Waals surface area contributed by atoms with Crippen LogP contribution in [0.1, 0.15) is 78.1 Å². The molecular weight excluding hydrogens is 281 g/mol. The lowest BCUT2D eigenvalue weighted by atomic mass is 10.00. The van der Waals surface area contributed by atoms with Gasteiger partial charge in [-0.3, -0.25) is 4.79 Å². The van der Waals surface area contributed by atoms with Crippen LogP contribution >= 0.6 is 0 Å². The van der Waals surface area contributed by atoms with Gasteiger partial charge in [0, 0.05) is 12.8 Å². The molecule has 2 atom stereocenters. The van der Waals surface area contributed by atoms with Gasteiger partial charge >= 0.3 is 5.97 Å². The summed E-state index contributed by atoms with van der Waals surface area (Å²) in [7, 11) is 4.39. The van der Waals surface area contributed by atoms with E-state index in [1.807, 2.05) is 0 Å². The van der Waals surface area contributed by atoms with E-state index in [1.54, 1.807) is 0 Å². The Bertz CT molecular complexity index is 295. The highest BCUT2D eigenvalue weighted by Gasteiger charge is 2.26. The summed E-state index contributed by atoms with van der Waals surface area (Å²) in [6.07, 6.45) is 7.86. The van der Waals surface area contributed by atoms with E-state index in [-0.39, 0.29) is 6.42 Å². The van der Waals surface area contributed by atoms with Crippen LogP contribution in [0.5, 0.6) is 0 Å². The summed E-state index contributed by atoms with van der Waals surface area (Å²) in [6, 6.07) is 0.467. The van der Waals surface area contributed by atoms with Gasteiger partial charge in [-0.2, -0.15) is 0 Å². The van der Waals surface area contributed by atoms with E-state index in [9.17, 15) is 9.18 Å². The minimum absolute atomic E-state index is 0.251. The van der Waals surface area contributed by atoms with Crippen LogP contribution in [0.3, 0.4) is 0 Å². The maximum Gasteiger partial charge on any atom is 0.303 e. The Morgan fingerprint density at radius 2 is 1.73 bits per heavy atom. The Morgan fingerprint density at radius 1 is 1.05 bits per heavy atom. The number of rotatable bonds is 14. The van der Waals surface area contributed by atoms with Gasteiger partial charge in [0.1, 0.15) is 6.17 Å². The van der Waals surface area contributed by atoms with E-state index in [1.165, 1.54) is 0 Å². The van der Waals surface area contributed by atoms with E-state index in [2.05, 4.69) is 27.9 Å². The molecule has 1 N–H and O–H groups in total. The van der Waals surface area contributed by atoms with Crippen molar-refractivity contribution in [2.75, 3.05) is 20.6 Å². The fourth-order valence-electron chi connectivity index (χ4n) is 3.16. The maximum absolute atomic E-state index is 13.9. The fourth-order valence-corrected chi connectivity index (χ4v) is 3.16. The van der Waals surface area contributed by atoms with E-state index >= 15 is 0 Å². The number of nitrogens with zero attached hydrogens (tertiary/aromatic N) is 1. The van der Waals surface area contributed by atoms with E-state index in [0.29, 0.717) is 18.9 Å². The molecule has 0 aliphatic heterocycles. The summed E-state index contributed by atoms with van der Waals surface area (Å²) < 4.78 is 14.8. The number of quaternary nitrogens is 1. The minimum atomic E-state index is -0.718. The number of unbranched alkanes of at least 4 members (excludes halogenated alkanes) is 3. The summed E-state index contributed by atoms with van der Waals surface area (Å²) in [4.78, 5) is 10.6. The largest absolute Gasteiger partial charge is 0.481 e. The fraction of sp³-hybridized carbons (Fsp3) is 0.944. The standard InChI is InChI=1S/C18H36FNO2/c1-5-7-8-11-16(19)13-14-17(6-2)20(3,4)15-10-9-12-18(21)22/h16-17H,5-15H2,1-4H3/p+1. The van der Waals surface area contributed by atoms with Crippen LogP contribution in [-0.4, -0.2) is 48.4 Å². The van der Waals surface area contributed by atoms with Crippen molar-refractivity contribution in [1.29, 1.82) is 0 Å². The van der Waals surface area contributed by atoms with Crippen LogP contribution in [0.15, 0.2) is 0 Å². The first-order chi connectivity index (χ1) is 10.3. The van der Waals surface area contributed by atoms with Crippen LogP contribution in [-0.2, 0) is 4.79 Å². The molecule has 0 radical (unpaired) electrons. The number of hydrogen-bond acceptors (Lipinski definition) is 1. The second-order valence-electron chi connectivity index (χ2n) is 7.09. The van der Waals surface area contributed by atoms with E-state index in [4.69, 9.17) is 5.11 Å². The average molecular weight is 318 g/mol. The van der Waals surface area contributed by atoms with Crippen LogP contribution in [0, 0.1) is 0 Å². The molecule has 0 amide bonds. The van der Waals surface area contributed by atoms with Crippen LogP contribution in [0.2, 0.25) is 0 Å². The van der Waals surface area contributed by atoms with Gasteiger partial charge in [-0.05, 0) is 32.1 Å². The Hall–Kier alpha value is -0.640. The molecule has 0 aromatic carbocycles. The van der Waals surface area contributed by atoms with Crippen molar-refractivity contribution in [3.63, 3.8) is 0 Å². The Labute approximate surface area is 136 Å². The lowest BCUT2D eigenvalue weighted by Crippen LogP contribution is -2.49. The lowest BCUT2D eigenvalue weighted by Gasteiger charge is -2.38. The summed E-state index contributed by atoms with van der Waals surface area (Å²) in [6.45, 7) is 5.29. The molecule has 0 aromatic heterocycles. The molecule has 2 unspecified atom stereocenters. The Morgan fingerprint density at radius 3 is 2.27 bits per heavy atom. The van der Waals surface area contributed by atoms with Crippen molar-refractivity contribution in [3.8, 4) is 0 Å². The lowest BCUT2D eigenvalue weighted by molar-refractivity contribution is -0.915. The van der Waals surface area contributed by atoms with Crippen LogP contribution in [0.25, 0.3) is 0 Å². The van der Waals surface area contributed by atoms with Crippen molar-refractivity contribution in [2.45, 2.75) is 90.3 Å². The number of alkyl halides is 1. The van der Waals surface area contributed by atoms with Crippen molar-refractivity contribution in [2.24, 2.45) is 0 Å². The zero-order valence-electron chi connectivity index (χ0n) is 15.1. The molecular formula is C18H37FNO2+. The second-order valence-corrected chi connectivity index (χ2v) is 7.09. The average Bonchev–Trinajstić information content (AvgIpc) is 2.44. The third-order valence-corrected chi connectivity index (χ3v) is 4.77. The van der Waals surface area contributed by atoms with Crippen molar-refractivity contribution in [1.82, 2.24) is 0 Å². The third kappa shape index (κ3) is 10.1. The smallest absolute Gasteiger partial charge is 0.303 e. The van der Waals surface area contributed by atoms with Crippen molar-refractivity contribution < 1.29 is 18.8 Å². The summed E-state index contributed by atoms with van der Waals surface area (Å²) in [5.74, 6) is -0.718. The van der Waals surface area contributed by atoms with Crippen LogP contribution in [0.4, 0.5) is 4.39 Å². The zero-order chi connectivity index (χ0) is 17.0. The molecule has 132 valence electrons. The molecule has 0 bridgehead atoms. The first kappa shape index (κ1) is 21.4. The number of aliphatic carboxylic acids is 1. The first-order valence-electron chi connectivity index (χ1n) is 9.02. The molecule has 0 aromatic rings. The third-order valence-electron chi connectivity index (χ3n) is 4.77. The first-order valence-corrected chi connectivity index (χ1v) is 9.02. The number of carbonyl (C=O) groups is 1. The van der Waals surface area contributed by atoms with Crippen molar-refractivity contribution >= 4 is 5.97 Å². The molecule has 0 saturated heterocycles. The van der Waals surface area contributed by atoms with Gasteiger partial charge in [0.05, 0.1) is 26.7 Å². The Balaban J connectivity index is 4.09. The SMILES string of the molecule is CCCCCC(F)CCC(CC)[N+](C)(C)CCCCC(=O)O. The van der Waals surface area contributed by atoms with Gasteiger partial charge in [-0.25, -0.2) is 4.39 Å². The van der Waals surface area contributed by atoms with Gasteiger partial charge in [0.15, 0.2) is 0 Å². The number of hydrogen-bond donors (Lipinski definition) is 1. The molecule has 22 heavy (non-hydrogen) atoms. The monoisotopic (exact) mass is 318 g/mol. The molecule has 0 aliphatic carbocycles. The molecule has 4 heteroatoms. The summed E-state index contributed by atoms with van der Waals surface area (Å²) >= 11 is 0. The van der Waals surface area contributed by atoms with Crippen molar-refractivity contribution in [3.05, 3.63) is 0 Å². The summed E-state index contributed by atoms with van der Waals surface area (Å²) in [5.41, 5.74) is 0. The van der Waals surface area contributed by atoms with E-state index in [0.717, 1.165) is 56.0 Å². The molecule has 3 nitrogen and oxygen atoms in total. The molecule has 0 spiro atoms. The molecule has 0 saturated carbocycles. The number of carboxylic acid groups (broad SMARTS) is 1. The predicted molar refractivity (Wildman–Crippen MR) is 90.8 cm³/mol. The molecule has 0 rings (SSSR count). The predicted octanol–water partition coefficient (Wildman–Crippen LogP) is 4.79. The molecule has 0 heterocycles. The number of carboxylic acids is 1. The highest BCUT2D eigenvalue weighted by atomic mass is 19.1. The van der Waals surface area contributed by atoms with Gasteiger partial charge in [-0.1, -0.05) is 33.1 Å².